The average Bonchev–Trinajstić information content (AvgIpc) is 2.29. The van der Waals surface area contributed by atoms with Crippen molar-refractivity contribution in [1.29, 1.82) is 0 Å². The maximum Gasteiger partial charge on any atom is 0.272 e. The van der Waals surface area contributed by atoms with Gasteiger partial charge in [-0.15, -0.1) is 0 Å². The summed E-state index contributed by atoms with van der Waals surface area (Å²) < 4.78 is 12.9. The maximum atomic E-state index is 12.9. The topological polar surface area (TPSA) is 33.2 Å². The predicted octanol–water partition coefficient (Wildman–Crippen LogP) is 2.09. The highest BCUT2D eigenvalue weighted by Gasteiger charge is 2.22. The molecule has 2 rings (SSSR count). The normalized spacial score (nSPS) is 17.5. The zero-order valence-corrected chi connectivity index (χ0v) is 9.32. The largest absolute Gasteiger partial charge is 0.337 e. The molecule has 1 aliphatic heterocycles. The number of halogens is 1. The first-order chi connectivity index (χ1) is 7.66. The van der Waals surface area contributed by atoms with Crippen LogP contribution in [0.4, 0.5) is 4.39 Å². The van der Waals surface area contributed by atoms with Crippen LogP contribution in [0.5, 0.6) is 0 Å². The molecule has 0 radical (unpaired) electrons. The summed E-state index contributed by atoms with van der Waals surface area (Å²) in [6.45, 7) is 3.68. The second-order valence-electron chi connectivity index (χ2n) is 4.32. The average molecular weight is 222 g/mol. The lowest BCUT2D eigenvalue weighted by Gasteiger charge is -2.29. The molecule has 0 saturated carbocycles. The molecular weight excluding hydrogens is 207 g/mol. The van der Waals surface area contributed by atoms with E-state index in [-0.39, 0.29) is 11.6 Å². The molecule has 0 N–H and O–H groups in total. The number of carbonyl (C=O) groups excluding carboxylic acids is 1. The minimum Gasteiger partial charge on any atom is -0.337 e. The van der Waals surface area contributed by atoms with Crippen LogP contribution in [-0.2, 0) is 0 Å². The van der Waals surface area contributed by atoms with Crippen molar-refractivity contribution in [2.45, 2.75) is 19.8 Å². The Hall–Kier alpha value is -1.45. The second kappa shape index (κ2) is 4.60. The number of hydrogen-bond donors (Lipinski definition) is 0. The summed E-state index contributed by atoms with van der Waals surface area (Å²) in [5.74, 6) is -0.0906. The number of likely N-dealkylation sites (tertiary alicyclic amines) is 1. The van der Waals surface area contributed by atoms with Crippen molar-refractivity contribution in [3.8, 4) is 0 Å². The second-order valence-corrected chi connectivity index (χ2v) is 4.32. The molecule has 1 fully saturated rings. The van der Waals surface area contributed by atoms with Gasteiger partial charge in [0, 0.05) is 13.1 Å². The van der Waals surface area contributed by atoms with E-state index in [1.165, 1.54) is 12.1 Å². The summed E-state index contributed by atoms with van der Waals surface area (Å²) in [6, 6.07) is 4.32. The Labute approximate surface area is 94.3 Å². The van der Waals surface area contributed by atoms with Crippen LogP contribution < -0.4 is 0 Å². The molecule has 0 bridgehead atoms. The summed E-state index contributed by atoms with van der Waals surface area (Å²) in [5.41, 5.74) is 0.203. The first kappa shape index (κ1) is 11.0. The van der Waals surface area contributed by atoms with Gasteiger partial charge in [-0.25, -0.2) is 4.98 Å². The van der Waals surface area contributed by atoms with Gasteiger partial charge < -0.3 is 4.90 Å². The minimum absolute atomic E-state index is 0.161. The lowest BCUT2D eigenvalue weighted by atomic mass is 9.99. The molecule has 0 spiro atoms. The van der Waals surface area contributed by atoms with Crippen LogP contribution in [0, 0.1) is 11.9 Å². The van der Waals surface area contributed by atoms with Crippen molar-refractivity contribution < 1.29 is 9.18 Å². The fraction of sp³-hybridized carbons (Fsp3) is 0.500. The van der Waals surface area contributed by atoms with Gasteiger partial charge in [0.05, 0.1) is 0 Å². The highest BCUT2D eigenvalue weighted by atomic mass is 19.1. The van der Waals surface area contributed by atoms with Gasteiger partial charge in [0.2, 0.25) is 5.95 Å². The quantitative estimate of drug-likeness (QED) is 0.682. The lowest BCUT2D eigenvalue weighted by molar-refractivity contribution is 0.0690. The van der Waals surface area contributed by atoms with E-state index in [0.29, 0.717) is 5.92 Å². The molecule has 1 amide bonds. The van der Waals surface area contributed by atoms with Gasteiger partial charge in [0.25, 0.3) is 5.91 Å². The Morgan fingerprint density at radius 2 is 2.12 bits per heavy atom. The number of pyridine rings is 1. The first-order valence-electron chi connectivity index (χ1n) is 5.58. The third kappa shape index (κ3) is 2.38. The number of hydrogen-bond acceptors (Lipinski definition) is 2. The number of amides is 1. The van der Waals surface area contributed by atoms with E-state index in [2.05, 4.69) is 11.9 Å². The van der Waals surface area contributed by atoms with Gasteiger partial charge in [-0.05, 0) is 30.9 Å². The highest BCUT2D eigenvalue weighted by molar-refractivity contribution is 5.92. The maximum absolute atomic E-state index is 12.9. The molecule has 1 aromatic heterocycles. The van der Waals surface area contributed by atoms with Crippen molar-refractivity contribution in [3.63, 3.8) is 0 Å². The van der Waals surface area contributed by atoms with E-state index in [4.69, 9.17) is 0 Å². The van der Waals surface area contributed by atoms with E-state index in [1.807, 2.05) is 0 Å². The molecule has 16 heavy (non-hydrogen) atoms. The molecule has 86 valence electrons. The Kier molecular flexibility index (Phi) is 3.17. The molecule has 3 nitrogen and oxygen atoms in total. The Balaban J connectivity index is 2.08. The SMILES string of the molecule is CC1CCN(C(=O)c2cccc(F)n2)CC1. The first-order valence-corrected chi connectivity index (χ1v) is 5.58. The molecule has 4 heteroatoms. The Morgan fingerprint density at radius 1 is 1.44 bits per heavy atom. The zero-order chi connectivity index (χ0) is 11.5. The summed E-state index contributed by atoms with van der Waals surface area (Å²) in [5, 5.41) is 0. The van der Waals surface area contributed by atoms with Crippen LogP contribution in [0.15, 0.2) is 18.2 Å². The Morgan fingerprint density at radius 3 is 2.75 bits per heavy atom. The fourth-order valence-corrected chi connectivity index (χ4v) is 1.90. The number of carbonyl (C=O) groups is 1. The standard InChI is InChI=1S/C12H15FN2O/c1-9-5-7-15(8-6-9)12(16)10-3-2-4-11(13)14-10/h2-4,9H,5-8H2,1H3. The van der Waals surface area contributed by atoms with E-state index in [9.17, 15) is 9.18 Å². The van der Waals surface area contributed by atoms with Crippen molar-refractivity contribution in [2.24, 2.45) is 5.92 Å². The molecular formula is C12H15FN2O. The summed E-state index contributed by atoms with van der Waals surface area (Å²) in [6.07, 6.45) is 2.03. The van der Waals surface area contributed by atoms with Crippen molar-refractivity contribution in [2.75, 3.05) is 13.1 Å². The number of piperidine rings is 1. The number of aromatic nitrogens is 1. The fourth-order valence-electron chi connectivity index (χ4n) is 1.90. The van der Waals surface area contributed by atoms with Crippen molar-refractivity contribution in [1.82, 2.24) is 9.88 Å². The summed E-state index contributed by atoms with van der Waals surface area (Å²) in [4.78, 5) is 17.3. The van der Waals surface area contributed by atoms with Gasteiger partial charge in [0.1, 0.15) is 5.69 Å². The molecule has 0 atom stereocenters. The van der Waals surface area contributed by atoms with Gasteiger partial charge in [-0.3, -0.25) is 4.79 Å². The molecule has 0 aliphatic carbocycles. The highest BCUT2D eigenvalue weighted by Crippen LogP contribution is 2.17. The number of nitrogens with zero attached hydrogens (tertiary/aromatic N) is 2. The Bertz CT molecular complexity index is 386. The van der Waals surface area contributed by atoms with Gasteiger partial charge in [0.15, 0.2) is 0 Å². The monoisotopic (exact) mass is 222 g/mol. The minimum atomic E-state index is -0.601. The van der Waals surface area contributed by atoms with Gasteiger partial charge in [-0.1, -0.05) is 13.0 Å². The van der Waals surface area contributed by atoms with Crippen LogP contribution in [0.2, 0.25) is 0 Å². The summed E-state index contributed by atoms with van der Waals surface area (Å²) in [7, 11) is 0. The summed E-state index contributed by atoms with van der Waals surface area (Å²) >= 11 is 0. The van der Waals surface area contributed by atoms with Crippen molar-refractivity contribution >= 4 is 5.91 Å². The van der Waals surface area contributed by atoms with E-state index >= 15 is 0 Å². The zero-order valence-electron chi connectivity index (χ0n) is 9.32. The van der Waals surface area contributed by atoms with Crippen LogP contribution in [-0.4, -0.2) is 28.9 Å². The molecule has 1 saturated heterocycles. The van der Waals surface area contributed by atoms with Crippen LogP contribution in [0.1, 0.15) is 30.3 Å². The predicted molar refractivity (Wildman–Crippen MR) is 58.5 cm³/mol. The lowest BCUT2D eigenvalue weighted by Crippen LogP contribution is -2.38. The molecule has 2 heterocycles. The number of rotatable bonds is 1. The molecule has 1 aromatic rings. The van der Waals surface area contributed by atoms with Crippen molar-refractivity contribution in [3.05, 3.63) is 29.8 Å². The van der Waals surface area contributed by atoms with Crippen LogP contribution in [0.25, 0.3) is 0 Å². The van der Waals surface area contributed by atoms with Crippen LogP contribution in [0.3, 0.4) is 0 Å². The van der Waals surface area contributed by atoms with E-state index < -0.39 is 5.95 Å². The third-order valence-electron chi connectivity index (χ3n) is 3.01. The van der Waals surface area contributed by atoms with Gasteiger partial charge >= 0.3 is 0 Å². The van der Waals surface area contributed by atoms with Crippen LogP contribution >= 0.6 is 0 Å². The smallest absolute Gasteiger partial charge is 0.272 e. The van der Waals surface area contributed by atoms with E-state index in [1.54, 1.807) is 11.0 Å². The molecule has 0 unspecified atom stereocenters. The molecule has 0 aromatic carbocycles. The van der Waals surface area contributed by atoms with E-state index in [0.717, 1.165) is 25.9 Å². The third-order valence-corrected chi connectivity index (χ3v) is 3.01. The molecule has 1 aliphatic rings. The van der Waals surface area contributed by atoms with Gasteiger partial charge in [-0.2, -0.15) is 4.39 Å².